The van der Waals surface area contributed by atoms with Gasteiger partial charge in [0.15, 0.2) is 11.5 Å². The van der Waals surface area contributed by atoms with Gasteiger partial charge in [0.1, 0.15) is 0 Å². The van der Waals surface area contributed by atoms with Crippen LogP contribution in [0.5, 0.6) is 11.5 Å². The first-order valence-electron chi connectivity index (χ1n) is 5.93. The zero-order valence-electron chi connectivity index (χ0n) is 11.1. The molecule has 0 atom stereocenters. The molecular formula is C15H11BrN2O3. The van der Waals surface area contributed by atoms with Gasteiger partial charge in [0, 0.05) is 10.0 Å². The van der Waals surface area contributed by atoms with Gasteiger partial charge < -0.3 is 15.2 Å². The highest BCUT2D eigenvalue weighted by Crippen LogP contribution is 2.28. The summed E-state index contributed by atoms with van der Waals surface area (Å²) in [6, 6.07) is 11.2. The van der Waals surface area contributed by atoms with Crippen LogP contribution in [0.2, 0.25) is 0 Å². The van der Waals surface area contributed by atoms with Gasteiger partial charge in [-0.1, -0.05) is 0 Å². The first-order chi connectivity index (χ1) is 10.0. The lowest BCUT2D eigenvalue weighted by Crippen LogP contribution is -2.12. The number of carbonyl (C=O) groups is 1. The number of aromatic hydroxyl groups is 1. The summed E-state index contributed by atoms with van der Waals surface area (Å²) in [5.74, 6) is -0.187. The number of phenolic OH excluding ortho intramolecular Hbond substituents is 1. The number of benzene rings is 2. The van der Waals surface area contributed by atoms with Crippen LogP contribution in [-0.2, 0) is 0 Å². The van der Waals surface area contributed by atoms with Gasteiger partial charge in [0.05, 0.1) is 24.4 Å². The number of rotatable bonds is 3. The maximum absolute atomic E-state index is 12.1. The number of hydrogen-bond donors (Lipinski definition) is 2. The first-order valence-corrected chi connectivity index (χ1v) is 6.72. The van der Waals surface area contributed by atoms with Crippen LogP contribution in [0.4, 0.5) is 5.69 Å². The Hall–Kier alpha value is -2.52. The van der Waals surface area contributed by atoms with Crippen LogP contribution in [0.15, 0.2) is 40.9 Å². The van der Waals surface area contributed by atoms with Crippen molar-refractivity contribution in [3.8, 4) is 17.6 Å². The highest BCUT2D eigenvalue weighted by molar-refractivity contribution is 9.10. The molecule has 0 saturated heterocycles. The molecular weight excluding hydrogens is 336 g/mol. The molecule has 6 heteroatoms. The van der Waals surface area contributed by atoms with Crippen molar-refractivity contribution in [1.82, 2.24) is 0 Å². The van der Waals surface area contributed by atoms with Crippen LogP contribution in [0, 0.1) is 11.3 Å². The van der Waals surface area contributed by atoms with E-state index in [0.29, 0.717) is 27.0 Å². The summed E-state index contributed by atoms with van der Waals surface area (Å²) in [6.45, 7) is 0. The molecule has 2 N–H and O–H groups in total. The van der Waals surface area contributed by atoms with Crippen LogP contribution in [-0.4, -0.2) is 18.1 Å². The third-order valence-electron chi connectivity index (χ3n) is 2.79. The summed E-state index contributed by atoms with van der Waals surface area (Å²) in [5, 5.41) is 21.2. The highest BCUT2D eigenvalue weighted by Gasteiger charge is 2.11. The number of hydrogen-bond acceptors (Lipinski definition) is 4. The Balaban J connectivity index is 2.22. The van der Waals surface area contributed by atoms with E-state index < -0.39 is 0 Å². The predicted molar refractivity (Wildman–Crippen MR) is 81.5 cm³/mol. The van der Waals surface area contributed by atoms with Crippen LogP contribution in [0.25, 0.3) is 0 Å². The smallest absolute Gasteiger partial charge is 0.255 e. The minimum absolute atomic E-state index is 0.107. The summed E-state index contributed by atoms with van der Waals surface area (Å²) >= 11 is 3.29. The number of amides is 1. The molecule has 0 aliphatic carbocycles. The fourth-order valence-electron chi connectivity index (χ4n) is 1.71. The van der Waals surface area contributed by atoms with Gasteiger partial charge in [-0.15, -0.1) is 0 Å². The number of nitrogens with zero attached hydrogens (tertiary/aromatic N) is 1. The zero-order chi connectivity index (χ0) is 15.4. The van der Waals surface area contributed by atoms with Gasteiger partial charge in [0.2, 0.25) is 0 Å². The van der Waals surface area contributed by atoms with Gasteiger partial charge in [-0.25, -0.2) is 0 Å². The largest absolute Gasteiger partial charge is 0.504 e. The predicted octanol–water partition coefficient (Wildman–Crippen LogP) is 3.29. The molecule has 0 spiro atoms. The van der Waals surface area contributed by atoms with Crippen molar-refractivity contribution in [2.75, 3.05) is 12.4 Å². The molecule has 0 radical (unpaired) electrons. The zero-order valence-corrected chi connectivity index (χ0v) is 12.6. The molecule has 1 amide bonds. The minimum atomic E-state index is -0.377. The maximum Gasteiger partial charge on any atom is 0.255 e. The summed E-state index contributed by atoms with van der Waals surface area (Å²) in [5.41, 5.74) is 1.32. The third-order valence-corrected chi connectivity index (χ3v) is 3.44. The van der Waals surface area contributed by atoms with Gasteiger partial charge >= 0.3 is 0 Å². The van der Waals surface area contributed by atoms with Crippen molar-refractivity contribution >= 4 is 27.5 Å². The average molecular weight is 347 g/mol. The van der Waals surface area contributed by atoms with E-state index in [0.717, 1.165) is 0 Å². The molecule has 0 aliphatic rings. The lowest BCUT2D eigenvalue weighted by atomic mass is 10.1. The lowest BCUT2D eigenvalue weighted by Gasteiger charge is -2.09. The fraction of sp³-hybridized carbons (Fsp3) is 0.0667. The molecule has 5 nitrogen and oxygen atoms in total. The van der Waals surface area contributed by atoms with Crippen LogP contribution >= 0.6 is 15.9 Å². The third kappa shape index (κ3) is 3.33. The summed E-state index contributed by atoms with van der Waals surface area (Å²) in [7, 11) is 1.43. The number of anilines is 1. The number of nitriles is 1. The number of methoxy groups -OCH3 is 1. The van der Waals surface area contributed by atoms with E-state index in [4.69, 9.17) is 10.00 Å². The second-order valence-corrected chi connectivity index (χ2v) is 5.00. The van der Waals surface area contributed by atoms with E-state index in [2.05, 4.69) is 21.2 Å². The number of phenols is 1. The molecule has 0 saturated carbocycles. The SMILES string of the molecule is COc1ccc(C(=O)Nc2ccc(C#N)cc2Br)cc1O. The molecule has 0 fully saturated rings. The van der Waals surface area contributed by atoms with Crippen molar-refractivity contribution in [1.29, 1.82) is 5.26 Å². The number of carbonyl (C=O) groups excluding carboxylic acids is 1. The molecule has 106 valence electrons. The van der Waals surface area contributed by atoms with Crippen molar-refractivity contribution in [3.05, 3.63) is 52.0 Å². The van der Waals surface area contributed by atoms with E-state index in [9.17, 15) is 9.90 Å². The summed E-state index contributed by atoms with van der Waals surface area (Å²) in [4.78, 5) is 12.1. The molecule has 2 aromatic rings. The second kappa shape index (κ2) is 6.29. The van der Waals surface area contributed by atoms with E-state index in [1.54, 1.807) is 24.3 Å². The molecule has 0 aliphatic heterocycles. The topological polar surface area (TPSA) is 82.3 Å². The van der Waals surface area contributed by atoms with E-state index in [1.165, 1.54) is 19.2 Å². The number of halogens is 1. The molecule has 0 aromatic heterocycles. The average Bonchev–Trinajstić information content (AvgIpc) is 2.49. The van der Waals surface area contributed by atoms with E-state index in [1.807, 2.05) is 6.07 Å². The molecule has 0 unspecified atom stereocenters. The maximum atomic E-state index is 12.1. The highest BCUT2D eigenvalue weighted by atomic mass is 79.9. The van der Waals surface area contributed by atoms with Crippen LogP contribution < -0.4 is 10.1 Å². The number of nitrogens with one attached hydrogen (secondary N) is 1. The monoisotopic (exact) mass is 346 g/mol. The Morgan fingerprint density at radius 3 is 2.67 bits per heavy atom. The van der Waals surface area contributed by atoms with Crippen molar-refractivity contribution < 1.29 is 14.6 Å². The quantitative estimate of drug-likeness (QED) is 0.893. The Kier molecular flexibility index (Phi) is 4.45. The fourth-order valence-corrected chi connectivity index (χ4v) is 2.19. The van der Waals surface area contributed by atoms with Gasteiger partial charge in [-0.05, 0) is 52.3 Å². The summed E-state index contributed by atoms with van der Waals surface area (Å²) < 4.78 is 5.53. The Morgan fingerprint density at radius 1 is 1.33 bits per heavy atom. The molecule has 21 heavy (non-hydrogen) atoms. The van der Waals surface area contributed by atoms with Crippen LogP contribution in [0.3, 0.4) is 0 Å². The van der Waals surface area contributed by atoms with Crippen molar-refractivity contribution in [2.45, 2.75) is 0 Å². The van der Waals surface area contributed by atoms with Crippen molar-refractivity contribution in [2.24, 2.45) is 0 Å². The van der Waals surface area contributed by atoms with Gasteiger partial charge in [-0.2, -0.15) is 5.26 Å². The Morgan fingerprint density at radius 2 is 2.10 bits per heavy atom. The molecule has 2 aromatic carbocycles. The standard InChI is InChI=1S/C15H11BrN2O3/c1-21-14-5-3-10(7-13(14)19)15(20)18-12-4-2-9(8-17)6-11(12)16/h2-7,19H,1H3,(H,18,20). The lowest BCUT2D eigenvalue weighted by molar-refractivity contribution is 0.102. The summed E-state index contributed by atoms with van der Waals surface area (Å²) in [6.07, 6.45) is 0. The Labute approximate surface area is 129 Å². The number of ether oxygens (including phenoxy) is 1. The molecule has 2 rings (SSSR count). The first kappa shape index (κ1) is 14.9. The Bertz CT molecular complexity index is 738. The minimum Gasteiger partial charge on any atom is -0.504 e. The normalized spacial score (nSPS) is 9.76. The van der Waals surface area contributed by atoms with Crippen LogP contribution in [0.1, 0.15) is 15.9 Å². The van der Waals surface area contributed by atoms with Gasteiger partial charge in [0.25, 0.3) is 5.91 Å². The van der Waals surface area contributed by atoms with Gasteiger partial charge in [-0.3, -0.25) is 4.79 Å². The molecule has 0 heterocycles. The second-order valence-electron chi connectivity index (χ2n) is 4.15. The molecule has 0 bridgehead atoms. The van der Waals surface area contributed by atoms with Crippen molar-refractivity contribution in [3.63, 3.8) is 0 Å². The van der Waals surface area contributed by atoms with E-state index in [-0.39, 0.29) is 11.7 Å². The van der Waals surface area contributed by atoms with E-state index >= 15 is 0 Å².